The minimum absolute atomic E-state index is 0.00154. The van der Waals surface area contributed by atoms with Gasteiger partial charge in [0.1, 0.15) is 6.04 Å². The summed E-state index contributed by atoms with van der Waals surface area (Å²) >= 11 is 0. The molecule has 2 rings (SSSR count). The molecule has 5 nitrogen and oxygen atoms in total. The van der Waals surface area contributed by atoms with E-state index < -0.39 is 30.1 Å². The average Bonchev–Trinajstić information content (AvgIpc) is 2.69. The van der Waals surface area contributed by atoms with E-state index in [1.807, 2.05) is 0 Å². The van der Waals surface area contributed by atoms with E-state index in [4.69, 9.17) is 10.5 Å². The Morgan fingerprint density at radius 2 is 1.72 bits per heavy atom. The van der Waals surface area contributed by atoms with Crippen molar-refractivity contribution in [1.29, 1.82) is 0 Å². The summed E-state index contributed by atoms with van der Waals surface area (Å²) < 4.78 is 45.2. The molecule has 0 radical (unpaired) electrons. The number of hydrogen-bond donors (Lipinski definition) is 1. The lowest BCUT2D eigenvalue weighted by molar-refractivity contribution is -0.192. The molecule has 0 aliphatic rings. The molecule has 0 saturated heterocycles. The Labute approximate surface area is 166 Å². The molecule has 29 heavy (non-hydrogen) atoms. The first-order valence-corrected chi connectivity index (χ1v) is 8.78. The Bertz CT molecular complexity index is 869. The third kappa shape index (κ3) is 5.37. The van der Waals surface area contributed by atoms with Crippen LogP contribution in [0.3, 0.4) is 0 Å². The zero-order valence-corrected chi connectivity index (χ0v) is 15.7. The molecule has 0 saturated carbocycles. The lowest BCUT2D eigenvalue weighted by Gasteiger charge is -2.35. The van der Waals surface area contributed by atoms with Gasteiger partial charge >= 0.3 is 18.1 Å². The normalized spacial score (nSPS) is 13.2. The van der Waals surface area contributed by atoms with Crippen LogP contribution in [0.5, 0.6) is 5.75 Å². The van der Waals surface area contributed by atoms with Crippen LogP contribution in [0.2, 0.25) is 0 Å². The van der Waals surface area contributed by atoms with Gasteiger partial charge in [-0.1, -0.05) is 48.5 Å². The number of carbonyl (C=O) groups is 2. The van der Waals surface area contributed by atoms with Crippen molar-refractivity contribution in [1.82, 2.24) is 4.90 Å². The first-order valence-electron chi connectivity index (χ1n) is 8.78. The number of nitrogen functional groups attached to an aromatic ring is 1. The molecule has 0 fully saturated rings. The fourth-order valence-corrected chi connectivity index (χ4v) is 2.86. The smallest absolute Gasteiger partial charge is 0.423 e. The highest BCUT2D eigenvalue weighted by molar-refractivity contribution is 5.89. The van der Waals surface area contributed by atoms with E-state index in [-0.39, 0.29) is 17.9 Å². The SMILES string of the molecule is C=CC[C@H](C(=O)Oc1ccccc1N)N(C(=O)C(F)(F)F)[C@H](C)c1ccccc1. The summed E-state index contributed by atoms with van der Waals surface area (Å²) in [6.45, 7) is 4.91. The van der Waals surface area contributed by atoms with Crippen LogP contribution in [-0.2, 0) is 9.59 Å². The molecule has 0 aliphatic carbocycles. The van der Waals surface area contributed by atoms with E-state index in [0.717, 1.165) is 0 Å². The van der Waals surface area contributed by atoms with Gasteiger partial charge in [0.05, 0.1) is 11.7 Å². The predicted molar refractivity (Wildman–Crippen MR) is 103 cm³/mol. The number of hydrogen-bond acceptors (Lipinski definition) is 4. The van der Waals surface area contributed by atoms with Gasteiger partial charge in [0.15, 0.2) is 5.75 Å². The average molecular weight is 406 g/mol. The molecule has 0 aromatic heterocycles. The molecule has 8 heteroatoms. The van der Waals surface area contributed by atoms with Gasteiger partial charge in [0.2, 0.25) is 0 Å². The highest BCUT2D eigenvalue weighted by Gasteiger charge is 2.48. The van der Waals surface area contributed by atoms with Crippen molar-refractivity contribution in [2.75, 3.05) is 5.73 Å². The number of rotatable bonds is 7. The van der Waals surface area contributed by atoms with Gasteiger partial charge < -0.3 is 15.4 Å². The molecule has 2 atom stereocenters. The molecule has 0 unspecified atom stereocenters. The Hall–Kier alpha value is -3.29. The van der Waals surface area contributed by atoms with Crippen molar-refractivity contribution in [2.24, 2.45) is 0 Å². The molecule has 2 N–H and O–H groups in total. The number of anilines is 1. The molecule has 1 amide bonds. The summed E-state index contributed by atoms with van der Waals surface area (Å²) in [5, 5.41) is 0. The monoisotopic (exact) mass is 406 g/mol. The summed E-state index contributed by atoms with van der Waals surface area (Å²) in [5.41, 5.74) is 6.32. The highest BCUT2D eigenvalue weighted by atomic mass is 19.4. The van der Waals surface area contributed by atoms with Gasteiger partial charge in [-0.15, -0.1) is 6.58 Å². The third-order valence-electron chi connectivity index (χ3n) is 4.30. The summed E-state index contributed by atoms with van der Waals surface area (Å²) in [4.78, 5) is 25.5. The topological polar surface area (TPSA) is 72.6 Å². The predicted octanol–water partition coefficient (Wildman–Crippen LogP) is 4.27. The van der Waals surface area contributed by atoms with Crippen LogP contribution in [0, 0.1) is 0 Å². The van der Waals surface area contributed by atoms with Crippen LogP contribution >= 0.6 is 0 Å². The molecular formula is C21H21F3N2O3. The fraction of sp³-hybridized carbons (Fsp3) is 0.238. The van der Waals surface area contributed by atoms with E-state index in [2.05, 4.69) is 6.58 Å². The van der Waals surface area contributed by atoms with Gasteiger partial charge in [-0.05, 0) is 31.0 Å². The third-order valence-corrected chi connectivity index (χ3v) is 4.30. The van der Waals surface area contributed by atoms with Crippen molar-refractivity contribution in [3.63, 3.8) is 0 Å². The Balaban J connectivity index is 2.45. The molecule has 0 spiro atoms. The number of ether oxygens (including phenoxy) is 1. The number of halogens is 3. The van der Waals surface area contributed by atoms with Crippen LogP contribution in [0.4, 0.5) is 18.9 Å². The summed E-state index contributed by atoms with van der Waals surface area (Å²) in [6, 6.07) is 11.6. The van der Waals surface area contributed by atoms with Crippen LogP contribution < -0.4 is 10.5 Å². The Kier molecular flexibility index (Phi) is 7.03. The second-order valence-electron chi connectivity index (χ2n) is 6.30. The first-order chi connectivity index (χ1) is 13.7. The molecule has 0 heterocycles. The van der Waals surface area contributed by atoms with Gasteiger partial charge in [0.25, 0.3) is 0 Å². The highest BCUT2D eigenvalue weighted by Crippen LogP contribution is 2.31. The lowest BCUT2D eigenvalue weighted by Crippen LogP contribution is -2.52. The second-order valence-corrected chi connectivity index (χ2v) is 6.30. The molecule has 0 aliphatic heterocycles. The number of nitrogens with two attached hydrogens (primary N) is 1. The number of alkyl halides is 3. The van der Waals surface area contributed by atoms with Crippen molar-refractivity contribution in [3.8, 4) is 5.75 Å². The van der Waals surface area contributed by atoms with Crippen molar-refractivity contribution in [2.45, 2.75) is 31.6 Å². The molecular weight excluding hydrogens is 385 g/mol. The van der Waals surface area contributed by atoms with Crippen molar-refractivity contribution < 1.29 is 27.5 Å². The van der Waals surface area contributed by atoms with Gasteiger partial charge in [-0.2, -0.15) is 13.2 Å². The van der Waals surface area contributed by atoms with E-state index >= 15 is 0 Å². The summed E-state index contributed by atoms with van der Waals surface area (Å²) in [5.74, 6) is -3.18. The maximum atomic E-state index is 13.3. The van der Waals surface area contributed by atoms with Crippen LogP contribution in [0.15, 0.2) is 67.3 Å². The number of benzene rings is 2. The minimum atomic E-state index is -5.17. The number of amides is 1. The van der Waals surface area contributed by atoms with E-state index in [9.17, 15) is 22.8 Å². The van der Waals surface area contributed by atoms with Crippen molar-refractivity contribution in [3.05, 3.63) is 72.8 Å². The van der Waals surface area contributed by atoms with Crippen LogP contribution in [0.25, 0.3) is 0 Å². The largest absolute Gasteiger partial charge is 0.471 e. The standard InChI is InChI=1S/C21H21F3N2O3/c1-3-9-17(19(27)29-18-13-8-7-12-16(18)25)26(20(28)21(22,23)24)14(2)15-10-5-4-6-11-15/h3-8,10-14,17H,1,9,25H2,2H3/t14-,17-/m1/s1. The second kappa shape index (κ2) is 9.27. The quantitative estimate of drug-likeness (QED) is 0.323. The minimum Gasteiger partial charge on any atom is -0.423 e. The zero-order valence-electron chi connectivity index (χ0n) is 15.7. The van der Waals surface area contributed by atoms with E-state index in [1.54, 1.807) is 42.5 Å². The fourth-order valence-electron chi connectivity index (χ4n) is 2.86. The lowest BCUT2D eigenvalue weighted by atomic mass is 10.0. The van der Waals surface area contributed by atoms with Gasteiger partial charge in [0, 0.05) is 0 Å². The number of nitrogens with zero attached hydrogens (tertiary/aromatic N) is 1. The molecule has 0 bridgehead atoms. The number of para-hydroxylation sites is 2. The van der Waals surface area contributed by atoms with Gasteiger partial charge in [-0.3, -0.25) is 4.79 Å². The Morgan fingerprint density at radius 1 is 1.14 bits per heavy atom. The number of carbonyl (C=O) groups excluding carboxylic acids is 2. The summed E-state index contributed by atoms with van der Waals surface area (Å²) in [7, 11) is 0. The zero-order chi connectivity index (χ0) is 21.6. The maximum Gasteiger partial charge on any atom is 0.471 e. The van der Waals surface area contributed by atoms with E-state index in [0.29, 0.717) is 10.5 Å². The summed E-state index contributed by atoms with van der Waals surface area (Å²) in [6.07, 6.45) is -4.15. The molecule has 154 valence electrons. The van der Waals surface area contributed by atoms with Gasteiger partial charge in [-0.25, -0.2) is 4.79 Å². The maximum absolute atomic E-state index is 13.3. The molecule has 2 aromatic carbocycles. The van der Waals surface area contributed by atoms with Crippen LogP contribution in [-0.4, -0.2) is 29.0 Å². The molecule has 2 aromatic rings. The number of esters is 1. The first kappa shape index (κ1) is 22.0. The van der Waals surface area contributed by atoms with Crippen molar-refractivity contribution >= 4 is 17.6 Å². The Morgan fingerprint density at radius 3 is 2.28 bits per heavy atom. The van der Waals surface area contributed by atoms with E-state index in [1.165, 1.54) is 25.1 Å². The van der Waals surface area contributed by atoms with Crippen LogP contribution in [0.1, 0.15) is 24.9 Å².